The molecule has 0 saturated heterocycles. The van der Waals surface area contributed by atoms with E-state index >= 15 is 0 Å². The van der Waals surface area contributed by atoms with E-state index < -0.39 is 0 Å². The lowest BCUT2D eigenvalue weighted by Gasteiger charge is -2.13. The predicted octanol–water partition coefficient (Wildman–Crippen LogP) is 1.79. The second-order valence-corrected chi connectivity index (χ2v) is 5.48. The Hall–Kier alpha value is -0.620. The zero-order valence-corrected chi connectivity index (χ0v) is 11.0. The molecule has 1 aromatic rings. The Bertz CT molecular complexity index is 402. The van der Waals surface area contributed by atoms with E-state index in [2.05, 4.69) is 27.9 Å². The van der Waals surface area contributed by atoms with Gasteiger partial charge in [0.25, 0.3) is 5.91 Å². The lowest BCUT2D eigenvalue weighted by molar-refractivity contribution is 0.0934. The van der Waals surface area contributed by atoms with Crippen LogP contribution in [0.5, 0.6) is 0 Å². The number of hydrogen-bond acceptors (Lipinski definition) is 2. The number of rotatable bonds is 4. The Labute approximate surface area is 108 Å². The van der Waals surface area contributed by atoms with Crippen LogP contribution in [0.1, 0.15) is 23.2 Å². The van der Waals surface area contributed by atoms with Crippen molar-refractivity contribution in [2.75, 3.05) is 13.2 Å². The molecule has 86 valence electrons. The number of aliphatic hydroxyl groups excluding tert-OH is 1. The van der Waals surface area contributed by atoms with E-state index in [1.807, 2.05) is 24.3 Å². The minimum absolute atomic E-state index is 0.0319. The first-order chi connectivity index (χ1) is 7.67. The molecule has 0 bridgehead atoms. The summed E-state index contributed by atoms with van der Waals surface area (Å²) in [6, 6.07) is 7.49. The summed E-state index contributed by atoms with van der Waals surface area (Å²) >= 11 is 2.15. The van der Waals surface area contributed by atoms with Crippen molar-refractivity contribution in [3.05, 3.63) is 33.4 Å². The van der Waals surface area contributed by atoms with Gasteiger partial charge >= 0.3 is 0 Å². The molecule has 1 saturated carbocycles. The Balaban J connectivity index is 1.96. The number of carbonyl (C=O) groups excluding carboxylic acids is 1. The minimum Gasteiger partial charge on any atom is -0.396 e. The van der Waals surface area contributed by atoms with Gasteiger partial charge in [-0.25, -0.2) is 0 Å². The van der Waals surface area contributed by atoms with E-state index in [0.717, 1.165) is 16.4 Å². The van der Waals surface area contributed by atoms with Crippen LogP contribution in [0, 0.1) is 8.99 Å². The zero-order valence-electron chi connectivity index (χ0n) is 8.87. The summed E-state index contributed by atoms with van der Waals surface area (Å²) < 4.78 is 0.950. The first-order valence-electron chi connectivity index (χ1n) is 5.30. The normalized spacial score (nSPS) is 16.9. The maximum atomic E-state index is 11.9. The van der Waals surface area contributed by atoms with Gasteiger partial charge in [-0.15, -0.1) is 0 Å². The SMILES string of the molecule is O=C(NCC1(CO)CC1)c1ccccc1I. The van der Waals surface area contributed by atoms with Gasteiger partial charge in [0, 0.05) is 15.5 Å². The molecule has 0 atom stereocenters. The second-order valence-electron chi connectivity index (χ2n) is 4.32. The van der Waals surface area contributed by atoms with Gasteiger partial charge in [0.1, 0.15) is 0 Å². The third-order valence-corrected chi connectivity index (χ3v) is 3.98. The van der Waals surface area contributed by atoms with Gasteiger partial charge in [-0.3, -0.25) is 4.79 Å². The molecular weight excluding hydrogens is 317 g/mol. The van der Waals surface area contributed by atoms with E-state index in [4.69, 9.17) is 5.11 Å². The van der Waals surface area contributed by atoms with Crippen LogP contribution in [0.15, 0.2) is 24.3 Å². The smallest absolute Gasteiger partial charge is 0.252 e. The van der Waals surface area contributed by atoms with E-state index in [1.54, 1.807) is 0 Å². The lowest BCUT2D eigenvalue weighted by Crippen LogP contribution is -2.32. The fourth-order valence-electron chi connectivity index (χ4n) is 1.58. The molecule has 0 radical (unpaired) electrons. The van der Waals surface area contributed by atoms with Gasteiger partial charge in [-0.05, 0) is 47.6 Å². The summed E-state index contributed by atoms with van der Waals surface area (Å²) in [7, 11) is 0. The van der Waals surface area contributed by atoms with Gasteiger partial charge in [-0.1, -0.05) is 12.1 Å². The van der Waals surface area contributed by atoms with Gasteiger partial charge in [-0.2, -0.15) is 0 Å². The highest BCUT2D eigenvalue weighted by atomic mass is 127. The standard InChI is InChI=1S/C12H14INO2/c13-10-4-2-1-3-9(10)11(16)14-7-12(8-15)5-6-12/h1-4,15H,5-8H2,(H,14,16). The predicted molar refractivity (Wildman–Crippen MR) is 70.2 cm³/mol. The molecule has 3 nitrogen and oxygen atoms in total. The number of amides is 1. The van der Waals surface area contributed by atoms with Crippen molar-refractivity contribution in [1.82, 2.24) is 5.32 Å². The highest BCUT2D eigenvalue weighted by molar-refractivity contribution is 14.1. The van der Waals surface area contributed by atoms with Crippen molar-refractivity contribution in [3.63, 3.8) is 0 Å². The average Bonchev–Trinajstić information content (AvgIpc) is 3.07. The number of hydrogen-bond donors (Lipinski definition) is 2. The Kier molecular flexibility index (Phi) is 3.49. The maximum absolute atomic E-state index is 11.9. The molecule has 0 unspecified atom stereocenters. The number of carbonyl (C=O) groups is 1. The van der Waals surface area contributed by atoms with E-state index in [0.29, 0.717) is 12.1 Å². The fraction of sp³-hybridized carbons (Fsp3) is 0.417. The fourth-order valence-corrected chi connectivity index (χ4v) is 2.21. The molecule has 2 rings (SSSR count). The molecule has 0 heterocycles. The van der Waals surface area contributed by atoms with Crippen LogP contribution < -0.4 is 5.32 Å². The van der Waals surface area contributed by atoms with Crippen LogP contribution in [0.3, 0.4) is 0 Å². The Morgan fingerprint density at radius 1 is 1.44 bits per heavy atom. The van der Waals surface area contributed by atoms with Gasteiger partial charge in [0.2, 0.25) is 0 Å². The monoisotopic (exact) mass is 331 g/mol. The largest absolute Gasteiger partial charge is 0.396 e. The third kappa shape index (κ3) is 2.55. The van der Waals surface area contributed by atoms with Crippen LogP contribution in [-0.2, 0) is 0 Å². The molecule has 16 heavy (non-hydrogen) atoms. The highest BCUT2D eigenvalue weighted by Crippen LogP contribution is 2.44. The van der Waals surface area contributed by atoms with Crippen LogP contribution in [0.2, 0.25) is 0 Å². The lowest BCUT2D eigenvalue weighted by atomic mass is 10.1. The number of nitrogens with one attached hydrogen (secondary N) is 1. The second kappa shape index (κ2) is 4.71. The molecule has 1 aromatic carbocycles. The quantitative estimate of drug-likeness (QED) is 0.827. The topological polar surface area (TPSA) is 49.3 Å². The van der Waals surface area contributed by atoms with Crippen molar-refractivity contribution < 1.29 is 9.90 Å². The number of aliphatic hydroxyl groups is 1. The van der Waals surface area contributed by atoms with Crippen LogP contribution in [0.4, 0.5) is 0 Å². The molecule has 1 amide bonds. The Morgan fingerprint density at radius 3 is 2.69 bits per heavy atom. The maximum Gasteiger partial charge on any atom is 0.252 e. The van der Waals surface area contributed by atoms with Gasteiger partial charge in [0.05, 0.1) is 12.2 Å². The van der Waals surface area contributed by atoms with E-state index in [1.165, 1.54) is 0 Å². The van der Waals surface area contributed by atoms with Crippen molar-refractivity contribution >= 4 is 28.5 Å². The molecule has 1 aliphatic rings. The average molecular weight is 331 g/mol. The minimum atomic E-state index is -0.0512. The van der Waals surface area contributed by atoms with Crippen molar-refractivity contribution in [2.45, 2.75) is 12.8 Å². The van der Waals surface area contributed by atoms with Gasteiger partial charge < -0.3 is 10.4 Å². The molecule has 1 fully saturated rings. The van der Waals surface area contributed by atoms with Crippen molar-refractivity contribution in [3.8, 4) is 0 Å². The van der Waals surface area contributed by atoms with Crippen LogP contribution in [0.25, 0.3) is 0 Å². The molecule has 2 N–H and O–H groups in total. The molecule has 0 aliphatic heterocycles. The van der Waals surface area contributed by atoms with Crippen molar-refractivity contribution in [2.24, 2.45) is 5.41 Å². The first kappa shape index (κ1) is 11.9. The molecule has 1 aliphatic carbocycles. The van der Waals surface area contributed by atoms with Crippen LogP contribution in [-0.4, -0.2) is 24.2 Å². The summed E-state index contributed by atoms with van der Waals surface area (Å²) in [6.45, 7) is 0.743. The van der Waals surface area contributed by atoms with E-state index in [-0.39, 0.29) is 17.9 Å². The molecular formula is C12H14INO2. The van der Waals surface area contributed by atoms with Crippen LogP contribution >= 0.6 is 22.6 Å². The van der Waals surface area contributed by atoms with Gasteiger partial charge in [0.15, 0.2) is 0 Å². The van der Waals surface area contributed by atoms with E-state index in [9.17, 15) is 4.79 Å². The summed E-state index contributed by atoms with van der Waals surface area (Å²) in [5, 5.41) is 12.0. The molecule has 4 heteroatoms. The summed E-state index contributed by atoms with van der Waals surface area (Å²) in [4.78, 5) is 11.9. The molecule has 0 spiro atoms. The Morgan fingerprint density at radius 2 is 2.12 bits per heavy atom. The number of halogens is 1. The highest BCUT2D eigenvalue weighted by Gasteiger charge is 2.42. The zero-order chi connectivity index (χ0) is 11.6. The number of benzene rings is 1. The first-order valence-corrected chi connectivity index (χ1v) is 6.38. The van der Waals surface area contributed by atoms with Crippen molar-refractivity contribution in [1.29, 1.82) is 0 Å². The third-order valence-electron chi connectivity index (χ3n) is 3.03. The molecule has 0 aromatic heterocycles. The summed E-state index contributed by atoms with van der Waals surface area (Å²) in [5.41, 5.74) is 0.674. The summed E-state index contributed by atoms with van der Waals surface area (Å²) in [5.74, 6) is -0.0512. The summed E-state index contributed by atoms with van der Waals surface area (Å²) in [6.07, 6.45) is 2.02.